The summed E-state index contributed by atoms with van der Waals surface area (Å²) >= 11 is 1.55. The van der Waals surface area contributed by atoms with Gasteiger partial charge < -0.3 is 10.2 Å². The number of anilines is 1. The first kappa shape index (κ1) is 17.4. The van der Waals surface area contributed by atoms with Crippen LogP contribution in [0.1, 0.15) is 35.5 Å². The molecule has 0 unspecified atom stereocenters. The molecule has 2 aromatic rings. The lowest BCUT2D eigenvalue weighted by Crippen LogP contribution is -2.34. The Kier molecular flexibility index (Phi) is 5.60. The lowest BCUT2D eigenvalue weighted by Gasteiger charge is -2.26. The number of likely N-dealkylation sites (tertiary alicyclic amines) is 1. The minimum Gasteiger partial charge on any atom is -0.338 e. The molecule has 1 aliphatic heterocycles. The Labute approximate surface area is 151 Å². The highest BCUT2D eigenvalue weighted by Gasteiger charge is 2.17. The van der Waals surface area contributed by atoms with Gasteiger partial charge in [0.15, 0.2) is 0 Å². The molecule has 1 aromatic carbocycles. The molecule has 0 atom stereocenters. The number of thiazole rings is 1. The molecule has 0 bridgehead atoms. The van der Waals surface area contributed by atoms with Crippen molar-refractivity contribution in [2.24, 2.45) is 0 Å². The van der Waals surface area contributed by atoms with Gasteiger partial charge in [-0.2, -0.15) is 0 Å². The van der Waals surface area contributed by atoms with Crippen LogP contribution in [0, 0.1) is 6.92 Å². The number of hydrogen-bond acceptors (Lipinski definition) is 4. The summed E-state index contributed by atoms with van der Waals surface area (Å²) in [5.41, 5.74) is 2.54. The van der Waals surface area contributed by atoms with E-state index in [0.717, 1.165) is 41.3 Å². The van der Waals surface area contributed by atoms with Crippen LogP contribution >= 0.6 is 11.3 Å². The topological polar surface area (TPSA) is 62.3 Å². The normalized spacial score (nSPS) is 14.9. The van der Waals surface area contributed by atoms with Crippen molar-refractivity contribution in [3.63, 3.8) is 0 Å². The molecule has 0 aliphatic carbocycles. The monoisotopic (exact) mass is 355 g/mol. The number of carbonyl (C=O) groups excluding carboxylic acids is 2. The summed E-state index contributed by atoms with van der Waals surface area (Å²) in [5, 5.41) is 5.74. The van der Waals surface area contributed by atoms with Crippen molar-refractivity contribution in [1.82, 2.24) is 9.88 Å². The first-order valence-corrected chi connectivity index (χ1v) is 9.26. The number of hydrogen-bond donors (Lipinski definition) is 1. The van der Waals surface area contributed by atoms with Crippen LogP contribution in [0.15, 0.2) is 35.7 Å². The average molecular weight is 355 g/mol. The third kappa shape index (κ3) is 5.00. The summed E-state index contributed by atoms with van der Waals surface area (Å²) in [5.74, 6) is 0.0130. The van der Waals surface area contributed by atoms with Gasteiger partial charge in [-0.05, 0) is 43.5 Å². The summed E-state index contributed by atoms with van der Waals surface area (Å²) in [6.45, 7) is 3.34. The van der Waals surface area contributed by atoms with E-state index < -0.39 is 0 Å². The maximum Gasteiger partial charge on any atom is 0.248 e. The fourth-order valence-corrected chi connectivity index (χ4v) is 3.38. The Balaban J connectivity index is 1.60. The van der Waals surface area contributed by atoms with Gasteiger partial charge in [0.1, 0.15) is 0 Å². The molecule has 2 amide bonds. The number of carbonyl (C=O) groups is 2. The zero-order valence-corrected chi connectivity index (χ0v) is 15.0. The second kappa shape index (κ2) is 8.07. The van der Waals surface area contributed by atoms with Crippen LogP contribution in [0.3, 0.4) is 0 Å². The molecule has 0 spiro atoms. The van der Waals surface area contributed by atoms with Crippen LogP contribution in [-0.2, 0) is 16.1 Å². The van der Waals surface area contributed by atoms with Gasteiger partial charge in [-0.25, -0.2) is 4.98 Å². The van der Waals surface area contributed by atoms with Crippen LogP contribution < -0.4 is 5.32 Å². The molecule has 130 valence electrons. The Morgan fingerprint density at radius 1 is 1.40 bits per heavy atom. The number of aryl methyl sites for hydroxylation is 1. The zero-order valence-electron chi connectivity index (χ0n) is 14.2. The molecule has 3 rings (SSSR count). The number of benzene rings is 1. The molecule has 1 aliphatic rings. The Morgan fingerprint density at radius 3 is 3.04 bits per heavy atom. The van der Waals surface area contributed by atoms with Crippen LogP contribution in [0.4, 0.5) is 5.69 Å². The van der Waals surface area contributed by atoms with Gasteiger partial charge in [-0.15, -0.1) is 11.3 Å². The van der Waals surface area contributed by atoms with Crippen LogP contribution in [0.25, 0.3) is 6.08 Å². The number of amides is 2. The number of nitrogens with zero attached hydrogens (tertiary/aromatic N) is 2. The molecule has 0 radical (unpaired) electrons. The molecule has 6 heteroatoms. The van der Waals surface area contributed by atoms with Crippen molar-refractivity contribution in [2.45, 2.75) is 32.7 Å². The van der Waals surface area contributed by atoms with Crippen molar-refractivity contribution >= 4 is 34.9 Å². The maximum atomic E-state index is 12.1. The Hall–Kier alpha value is -2.47. The molecule has 0 saturated carbocycles. The van der Waals surface area contributed by atoms with Gasteiger partial charge in [0.2, 0.25) is 11.8 Å². The molecule has 1 saturated heterocycles. The van der Waals surface area contributed by atoms with Crippen molar-refractivity contribution < 1.29 is 9.59 Å². The highest BCUT2D eigenvalue weighted by molar-refractivity contribution is 7.09. The van der Waals surface area contributed by atoms with E-state index in [2.05, 4.69) is 10.3 Å². The fourth-order valence-electron chi connectivity index (χ4n) is 2.80. The van der Waals surface area contributed by atoms with E-state index in [1.54, 1.807) is 17.4 Å². The van der Waals surface area contributed by atoms with E-state index in [0.29, 0.717) is 13.0 Å². The first-order valence-electron chi connectivity index (χ1n) is 8.38. The van der Waals surface area contributed by atoms with Crippen LogP contribution in [0.5, 0.6) is 0 Å². The van der Waals surface area contributed by atoms with E-state index >= 15 is 0 Å². The van der Waals surface area contributed by atoms with Gasteiger partial charge in [-0.3, -0.25) is 9.59 Å². The predicted molar refractivity (Wildman–Crippen MR) is 100 cm³/mol. The number of piperidine rings is 1. The zero-order chi connectivity index (χ0) is 17.6. The fraction of sp³-hybridized carbons (Fsp3) is 0.316. The van der Waals surface area contributed by atoms with Crippen LogP contribution in [-0.4, -0.2) is 28.2 Å². The van der Waals surface area contributed by atoms with E-state index in [4.69, 9.17) is 0 Å². The highest BCUT2D eigenvalue weighted by Crippen LogP contribution is 2.17. The van der Waals surface area contributed by atoms with Gasteiger partial charge >= 0.3 is 0 Å². The number of nitrogens with one attached hydrogen (secondary N) is 1. The molecule has 5 nitrogen and oxygen atoms in total. The largest absolute Gasteiger partial charge is 0.338 e. The Morgan fingerprint density at radius 2 is 2.28 bits per heavy atom. The van der Waals surface area contributed by atoms with E-state index in [1.165, 1.54) is 6.08 Å². The van der Waals surface area contributed by atoms with Crippen molar-refractivity contribution in [1.29, 1.82) is 0 Å². The maximum absolute atomic E-state index is 12.1. The minimum atomic E-state index is -0.197. The lowest BCUT2D eigenvalue weighted by molar-refractivity contribution is -0.133. The standard InChI is InChI=1S/C19H21N3O2S/c1-14-20-17(13-25-14)8-9-18(23)21-16-6-4-5-15(11-16)12-22-10-3-2-7-19(22)24/h4-6,8-9,11,13H,2-3,7,10,12H2,1H3,(H,21,23)/b9-8-. The number of aromatic nitrogens is 1. The second-order valence-corrected chi connectivity index (χ2v) is 7.15. The van der Waals surface area contributed by atoms with Crippen molar-refractivity contribution in [3.8, 4) is 0 Å². The predicted octanol–water partition coefficient (Wildman–Crippen LogP) is 3.62. The molecule has 25 heavy (non-hydrogen) atoms. The van der Waals surface area contributed by atoms with Crippen molar-refractivity contribution in [2.75, 3.05) is 11.9 Å². The van der Waals surface area contributed by atoms with E-state index in [-0.39, 0.29) is 11.8 Å². The quantitative estimate of drug-likeness (QED) is 0.833. The lowest BCUT2D eigenvalue weighted by atomic mass is 10.1. The minimum absolute atomic E-state index is 0.197. The van der Waals surface area contributed by atoms with Crippen molar-refractivity contribution in [3.05, 3.63) is 52.0 Å². The smallest absolute Gasteiger partial charge is 0.248 e. The van der Waals surface area contributed by atoms with Gasteiger partial charge in [0, 0.05) is 36.7 Å². The van der Waals surface area contributed by atoms with E-state index in [9.17, 15) is 9.59 Å². The number of rotatable bonds is 5. The summed E-state index contributed by atoms with van der Waals surface area (Å²) < 4.78 is 0. The molecule has 2 heterocycles. The summed E-state index contributed by atoms with van der Waals surface area (Å²) in [6.07, 6.45) is 5.86. The SMILES string of the molecule is Cc1nc(/C=C\C(=O)Nc2cccc(CN3CCCCC3=O)c2)cs1. The molecule has 1 aromatic heterocycles. The van der Waals surface area contributed by atoms with E-state index in [1.807, 2.05) is 41.5 Å². The second-order valence-electron chi connectivity index (χ2n) is 6.09. The molecule has 1 fully saturated rings. The molecular weight excluding hydrogens is 334 g/mol. The summed E-state index contributed by atoms with van der Waals surface area (Å²) in [6, 6.07) is 7.64. The third-order valence-electron chi connectivity index (χ3n) is 4.03. The average Bonchev–Trinajstić information content (AvgIpc) is 3.01. The third-order valence-corrected chi connectivity index (χ3v) is 4.82. The Bertz CT molecular complexity index is 797. The van der Waals surface area contributed by atoms with Gasteiger partial charge in [0.05, 0.1) is 10.7 Å². The first-order chi connectivity index (χ1) is 12.1. The summed E-state index contributed by atoms with van der Waals surface area (Å²) in [4.78, 5) is 30.2. The van der Waals surface area contributed by atoms with Gasteiger partial charge in [0.25, 0.3) is 0 Å². The van der Waals surface area contributed by atoms with Crippen LogP contribution in [0.2, 0.25) is 0 Å². The van der Waals surface area contributed by atoms with Gasteiger partial charge in [-0.1, -0.05) is 12.1 Å². The highest BCUT2D eigenvalue weighted by atomic mass is 32.1. The summed E-state index contributed by atoms with van der Waals surface area (Å²) in [7, 11) is 0. The molecular formula is C19H21N3O2S. The molecule has 1 N–H and O–H groups in total.